The molecule has 0 heterocycles. The van der Waals surface area contributed by atoms with Crippen LogP contribution in [0.4, 0.5) is 0 Å². The first-order chi connectivity index (χ1) is 6.57. The Morgan fingerprint density at radius 2 is 1.69 bits per heavy atom. The second-order valence-corrected chi connectivity index (χ2v) is 3.73. The van der Waals surface area contributed by atoms with Gasteiger partial charge in [0.1, 0.15) is 0 Å². The van der Waals surface area contributed by atoms with E-state index in [0.717, 1.165) is 32.1 Å². The van der Waals surface area contributed by atoms with E-state index < -0.39 is 5.97 Å². The van der Waals surface area contributed by atoms with Gasteiger partial charge in [0, 0.05) is 18.5 Å². The van der Waals surface area contributed by atoms with Crippen LogP contribution < -0.4 is 11.5 Å². The number of hydrogen-bond donors (Lipinski definition) is 3. The van der Waals surface area contributed by atoms with Crippen LogP contribution in [-0.4, -0.2) is 23.2 Å². The van der Waals surface area contributed by atoms with Crippen LogP contribution in [0, 0.1) is 0 Å². The first-order valence-electron chi connectivity index (χ1n) is 5.30. The van der Waals surface area contributed by atoms with Gasteiger partial charge in [-0.05, 0) is 19.3 Å². The van der Waals surface area contributed by atoms with Crippen molar-refractivity contribution in [2.24, 2.45) is 11.5 Å². The monoisotopic (exact) mass is 274 g/mol. The molecule has 2 atom stereocenters. The van der Waals surface area contributed by atoms with Crippen LogP contribution in [0.2, 0.25) is 0 Å². The van der Waals surface area contributed by atoms with Gasteiger partial charge in [0.2, 0.25) is 0 Å². The summed E-state index contributed by atoms with van der Waals surface area (Å²) in [5, 5.41) is 8.40. The summed E-state index contributed by atoms with van der Waals surface area (Å²) in [6, 6.07) is 0.138. The second kappa shape index (κ2) is 13.0. The Balaban J connectivity index is -0.000000845. The summed E-state index contributed by atoms with van der Waals surface area (Å²) in [6.45, 7) is 2.02. The number of halogens is 2. The molecule has 5 N–H and O–H groups in total. The standard InChI is InChI=1S/C10H22N2O2.2ClH/c1-2-8(11)9(12)6-4-3-5-7-10(13)14;;/h8-9H,2-7,11-12H2,1H3,(H,13,14);2*1H. The molecule has 0 spiro atoms. The van der Waals surface area contributed by atoms with Gasteiger partial charge in [-0.1, -0.05) is 19.8 Å². The number of aliphatic carboxylic acids is 1. The van der Waals surface area contributed by atoms with Crippen LogP contribution in [0.25, 0.3) is 0 Å². The molecule has 0 radical (unpaired) electrons. The highest BCUT2D eigenvalue weighted by Crippen LogP contribution is 2.07. The minimum atomic E-state index is -0.723. The number of unbranched alkanes of at least 4 members (excludes halogenated alkanes) is 2. The van der Waals surface area contributed by atoms with E-state index in [-0.39, 0.29) is 43.3 Å². The van der Waals surface area contributed by atoms with E-state index in [1.807, 2.05) is 6.92 Å². The van der Waals surface area contributed by atoms with Crippen molar-refractivity contribution in [2.75, 3.05) is 0 Å². The zero-order chi connectivity index (χ0) is 11.0. The van der Waals surface area contributed by atoms with Crippen LogP contribution in [-0.2, 0) is 4.79 Å². The van der Waals surface area contributed by atoms with Crippen LogP contribution >= 0.6 is 24.8 Å². The first kappa shape index (κ1) is 21.3. The molecule has 0 aliphatic heterocycles. The Kier molecular flexibility index (Phi) is 17.3. The Morgan fingerprint density at radius 3 is 2.12 bits per heavy atom. The Morgan fingerprint density at radius 1 is 1.12 bits per heavy atom. The first-order valence-corrected chi connectivity index (χ1v) is 5.30. The van der Waals surface area contributed by atoms with Crippen molar-refractivity contribution in [3.05, 3.63) is 0 Å². The molecular formula is C10H24Cl2N2O2. The average molecular weight is 275 g/mol. The van der Waals surface area contributed by atoms with E-state index >= 15 is 0 Å². The number of nitrogens with two attached hydrogens (primary N) is 2. The molecule has 100 valence electrons. The number of carboxylic acids is 1. The second-order valence-electron chi connectivity index (χ2n) is 3.73. The van der Waals surface area contributed by atoms with E-state index in [1.54, 1.807) is 0 Å². The molecule has 2 unspecified atom stereocenters. The third kappa shape index (κ3) is 12.0. The predicted octanol–water partition coefficient (Wildman–Crippen LogP) is 1.93. The van der Waals surface area contributed by atoms with Crippen LogP contribution in [0.1, 0.15) is 45.4 Å². The molecule has 0 saturated heterocycles. The van der Waals surface area contributed by atoms with Gasteiger partial charge in [0.15, 0.2) is 0 Å². The molecule has 0 aromatic rings. The number of rotatable bonds is 8. The topological polar surface area (TPSA) is 89.3 Å². The normalized spacial score (nSPS) is 13.2. The lowest BCUT2D eigenvalue weighted by Crippen LogP contribution is -2.40. The van der Waals surface area contributed by atoms with Gasteiger partial charge in [0.05, 0.1) is 0 Å². The van der Waals surface area contributed by atoms with Gasteiger partial charge in [-0.3, -0.25) is 4.79 Å². The molecule has 0 aliphatic rings. The molecule has 0 saturated carbocycles. The summed E-state index contributed by atoms with van der Waals surface area (Å²) in [5.41, 5.74) is 11.6. The van der Waals surface area contributed by atoms with Crippen LogP contribution in [0.5, 0.6) is 0 Å². The lowest BCUT2D eigenvalue weighted by atomic mass is 10.0. The average Bonchev–Trinajstić information content (AvgIpc) is 2.15. The van der Waals surface area contributed by atoms with Gasteiger partial charge < -0.3 is 16.6 Å². The van der Waals surface area contributed by atoms with E-state index in [2.05, 4.69) is 0 Å². The fourth-order valence-electron chi connectivity index (χ4n) is 1.35. The highest BCUT2D eigenvalue weighted by Gasteiger charge is 2.10. The quantitative estimate of drug-likeness (QED) is 0.590. The van der Waals surface area contributed by atoms with Gasteiger partial charge in [-0.2, -0.15) is 0 Å². The minimum Gasteiger partial charge on any atom is -0.481 e. The summed E-state index contributed by atoms with van der Waals surface area (Å²) >= 11 is 0. The SMILES string of the molecule is CCC(N)C(N)CCCCCC(=O)O.Cl.Cl. The summed E-state index contributed by atoms with van der Waals surface area (Å²) in [5.74, 6) is -0.723. The zero-order valence-electron chi connectivity index (χ0n) is 9.72. The van der Waals surface area contributed by atoms with Crippen molar-refractivity contribution >= 4 is 30.8 Å². The molecule has 4 nitrogen and oxygen atoms in total. The van der Waals surface area contributed by atoms with Crippen molar-refractivity contribution in [3.8, 4) is 0 Å². The van der Waals surface area contributed by atoms with Crippen molar-refractivity contribution < 1.29 is 9.90 Å². The third-order valence-electron chi connectivity index (χ3n) is 2.45. The number of carbonyl (C=O) groups is 1. The lowest BCUT2D eigenvalue weighted by molar-refractivity contribution is -0.137. The molecule has 0 amide bonds. The van der Waals surface area contributed by atoms with E-state index in [9.17, 15) is 4.79 Å². The van der Waals surface area contributed by atoms with Gasteiger partial charge >= 0.3 is 5.97 Å². The molecule has 0 fully saturated rings. The van der Waals surface area contributed by atoms with Crippen molar-refractivity contribution in [1.82, 2.24) is 0 Å². The fourth-order valence-corrected chi connectivity index (χ4v) is 1.35. The maximum absolute atomic E-state index is 10.2. The summed E-state index contributed by atoms with van der Waals surface area (Å²) in [6.07, 6.45) is 4.70. The fraction of sp³-hybridized carbons (Fsp3) is 0.900. The molecule has 6 heteroatoms. The zero-order valence-corrected chi connectivity index (χ0v) is 11.4. The lowest BCUT2D eigenvalue weighted by Gasteiger charge is -2.17. The van der Waals surface area contributed by atoms with Gasteiger partial charge in [-0.25, -0.2) is 0 Å². The molecular weight excluding hydrogens is 251 g/mol. The molecule has 0 aliphatic carbocycles. The highest BCUT2D eigenvalue weighted by molar-refractivity contribution is 5.85. The molecule has 0 aromatic carbocycles. The van der Waals surface area contributed by atoms with Crippen LogP contribution in [0.3, 0.4) is 0 Å². The molecule has 0 rings (SSSR count). The maximum atomic E-state index is 10.2. The molecule has 16 heavy (non-hydrogen) atoms. The summed E-state index contributed by atoms with van der Waals surface area (Å²) < 4.78 is 0. The van der Waals surface area contributed by atoms with E-state index in [0.29, 0.717) is 0 Å². The highest BCUT2D eigenvalue weighted by atomic mass is 35.5. The Bertz CT molecular complexity index is 171. The van der Waals surface area contributed by atoms with Gasteiger partial charge in [0.25, 0.3) is 0 Å². The van der Waals surface area contributed by atoms with Gasteiger partial charge in [-0.15, -0.1) is 24.8 Å². The van der Waals surface area contributed by atoms with Crippen molar-refractivity contribution in [3.63, 3.8) is 0 Å². The Labute approximate surface area is 110 Å². The predicted molar refractivity (Wildman–Crippen MR) is 71.5 cm³/mol. The maximum Gasteiger partial charge on any atom is 0.303 e. The summed E-state index contributed by atoms with van der Waals surface area (Å²) in [7, 11) is 0. The van der Waals surface area contributed by atoms with Crippen LogP contribution in [0.15, 0.2) is 0 Å². The van der Waals surface area contributed by atoms with E-state index in [4.69, 9.17) is 16.6 Å². The van der Waals surface area contributed by atoms with Crippen molar-refractivity contribution in [2.45, 2.75) is 57.5 Å². The largest absolute Gasteiger partial charge is 0.481 e. The number of hydrogen-bond acceptors (Lipinski definition) is 3. The molecule has 0 aromatic heterocycles. The molecule has 0 bridgehead atoms. The Hall–Kier alpha value is -0.0300. The van der Waals surface area contributed by atoms with E-state index in [1.165, 1.54) is 0 Å². The minimum absolute atomic E-state index is 0. The number of carboxylic acid groups (broad SMARTS) is 1. The summed E-state index contributed by atoms with van der Waals surface area (Å²) in [4.78, 5) is 10.2. The smallest absolute Gasteiger partial charge is 0.303 e. The third-order valence-corrected chi connectivity index (χ3v) is 2.45. The van der Waals surface area contributed by atoms with Crippen molar-refractivity contribution in [1.29, 1.82) is 0 Å².